The highest BCUT2D eigenvalue weighted by Gasteiger charge is 2.19. The Morgan fingerprint density at radius 1 is 1.13 bits per heavy atom. The molecule has 1 N–H and O–H groups in total. The fourth-order valence-electron chi connectivity index (χ4n) is 2.10. The minimum atomic E-state index is -0.999. The Balaban J connectivity index is 2.11. The third kappa shape index (κ3) is 2.74. The summed E-state index contributed by atoms with van der Waals surface area (Å²) in [5.41, 5.74) is -0.563. The number of esters is 1. The molecule has 2 aromatic carbocycles. The maximum Gasteiger partial charge on any atom is 0.382 e. The Hall–Kier alpha value is -3.28. The van der Waals surface area contributed by atoms with Crippen molar-refractivity contribution in [2.45, 2.75) is 0 Å². The molecule has 0 aliphatic heterocycles. The van der Waals surface area contributed by atoms with Crippen LogP contribution in [0.5, 0.6) is 17.2 Å². The van der Waals surface area contributed by atoms with Gasteiger partial charge in [0.2, 0.25) is 5.75 Å². The van der Waals surface area contributed by atoms with Gasteiger partial charge in [0.05, 0.1) is 18.1 Å². The molecular weight excluding hydrogens is 300 g/mol. The standard InChI is InChI=1S/C17H12O6/c1-21-11-7-8-12-13(9-11)22-17(20)14(18)15(12)23-16(19)10-5-3-2-4-6-10/h2-9,18H,1H3. The van der Waals surface area contributed by atoms with E-state index in [1.807, 2.05) is 0 Å². The van der Waals surface area contributed by atoms with Crippen molar-refractivity contribution in [1.29, 1.82) is 0 Å². The summed E-state index contributed by atoms with van der Waals surface area (Å²) in [7, 11) is 1.47. The first-order valence-corrected chi connectivity index (χ1v) is 6.71. The van der Waals surface area contributed by atoms with Crippen LogP contribution in [-0.2, 0) is 0 Å². The van der Waals surface area contributed by atoms with Crippen LogP contribution in [0.2, 0.25) is 0 Å². The summed E-state index contributed by atoms with van der Waals surface area (Å²) < 4.78 is 15.2. The molecule has 0 aliphatic rings. The van der Waals surface area contributed by atoms with Crippen LogP contribution in [0.4, 0.5) is 0 Å². The van der Waals surface area contributed by atoms with Gasteiger partial charge in [-0.15, -0.1) is 0 Å². The minimum absolute atomic E-state index is 0.142. The molecule has 0 radical (unpaired) electrons. The Morgan fingerprint density at radius 3 is 2.57 bits per heavy atom. The monoisotopic (exact) mass is 312 g/mol. The zero-order valence-corrected chi connectivity index (χ0v) is 12.1. The summed E-state index contributed by atoms with van der Waals surface area (Å²) in [6, 6.07) is 12.8. The van der Waals surface area contributed by atoms with Gasteiger partial charge in [-0.3, -0.25) is 0 Å². The number of fused-ring (bicyclic) bond motifs is 1. The van der Waals surface area contributed by atoms with Crippen molar-refractivity contribution in [3.05, 3.63) is 64.5 Å². The van der Waals surface area contributed by atoms with Crippen LogP contribution in [0.25, 0.3) is 11.0 Å². The average molecular weight is 312 g/mol. The minimum Gasteiger partial charge on any atom is -0.499 e. The van der Waals surface area contributed by atoms with Crippen LogP contribution >= 0.6 is 0 Å². The molecular formula is C17H12O6. The molecule has 3 rings (SSSR count). The lowest BCUT2D eigenvalue weighted by molar-refractivity contribution is 0.0731. The van der Waals surface area contributed by atoms with Crippen LogP contribution < -0.4 is 15.1 Å². The molecule has 0 atom stereocenters. The maximum atomic E-state index is 12.2. The maximum absolute atomic E-state index is 12.2. The summed E-state index contributed by atoms with van der Waals surface area (Å²) in [6.45, 7) is 0. The van der Waals surface area contributed by atoms with E-state index in [0.29, 0.717) is 11.3 Å². The van der Waals surface area contributed by atoms with Crippen molar-refractivity contribution in [3.8, 4) is 17.2 Å². The molecule has 0 saturated heterocycles. The van der Waals surface area contributed by atoms with E-state index in [1.165, 1.54) is 19.2 Å². The van der Waals surface area contributed by atoms with Crippen molar-refractivity contribution in [3.63, 3.8) is 0 Å². The number of methoxy groups -OCH3 is 1. The second-order valence-corrected chi connectivity index (χ2v) is 4.68. The molecule has 0 amide bonds. The first-order chi connectivity index (χ1) is 11.1. The van der Waals surface area contributed by atoms with Crippen LogP contribution in [0, 0.1) is 0 Å². The lowest BCUT2D eigenvalue weighted by atomic mass is 10.2. The summed E-state index contributed by atoms with van der Waals surface area (Å²) in [6.07, 6.45) is 0. The zero-order valence-electron chi connectivity index (χ0n) is 12.1. The van der Waals surface area contributed by atoms with Crippen molar-refractivity contribution < 1.29 is 23.8 Å². The van der Waals surface area contributed by atoms with Crippen LogP contribution in [0.1, 0.15) is 10.4 Å². The molecule has 1 heterocycles. The topological polar surface area (TPSA) is 86.0 Å². The van der Waals surface area contributed by atoms with Gasteiger partial charge in [-0.05, 0) is 24.3 Å². The predicted octanol–water partition coefficient (Wildman–Crippen LogP) is 2.73. The normalized spacial score (nSPS) is 10.5. The molecule has 0 spiro atoms. The van der Waals surface area contributed by atoms with E-state index in [-0.39, 0.29) is 16.7 Å². The third-order valence-electron chi connectivity index (χ3n) is 3.25. The quantitative estimate of drug-likeness (QED) is 0.591. The molecule has 0 bridgehead atoms. The molecule has 0 fully saturated rings. The molecule has 6 heteroatoms. The van der Waals surface area contributed by atoms with Crippen LogP contribution in [0.3, 0.4) is 0 Å². The second kappa shape index (κ2) is 5.84. The molecule has 0 aliphatic carbocycles. The fraction of sp³-hybridized carbons (Fsp3) is 0.0588. The summed E-state index contributed by atoms with van der Waals surface area (Å²) in [5.74, 6) is -1.23. The number of benzene rings is 2. The van der Waals surface area contributed by atoms with E-state index in [2.05, 4.69) is 0 Å². The number of ether oxygens (including phenoxy) is 2. The van der Waals surface area contributed by atoms with Crippen molar-refractivity contribution in [1.82, 2.24) is 0 Å². The zero-order chi connectivity index (χ0) is 16.4. The average Bonchev–Trinajstić information content (AvgIpc) is 2.59. The smallest absolute Gasteiger partial charge is 0.382 e. The number of hydrogen-bond donors (Lipinski definition) is 1. The molecule has 0 saturated carbocycles. The highest BCUT2D eigenvalue weighted by Crippen LogP contribution is 2.34. The lowest BCUT2D eigenvalue weighted by Crippen LogP contribution is -2.11. The van der Waals surface area contributed by atoms with Gasteiger partial charge in [0, 0.05) is 6.07 Å². The van der Waals surface area contributed by atoms with Crippen LogP contribution in [0.15, 0.2) is 57.7 Å². The fourth-order valence-corrected chi connectivity index (χ4v) is 2.10. The largest absolute Gasteiger partial charge is 0.499 e. The van der Waals surface area contributed by atoms with Gasteiger partial charge in [-0.25, -0.2) is 9.59 Å². The van der Waals surface area contributed by atoms with E-state index in [1.54, 1.807) is 36.4 Å². The summed E-state index contributed by atoms with van der Waals surface area (Å²) in [4.78, 5) is 23.9. The Bertz CT molecular complexity index is 927. The number of hydrogen-bond acceptors (Lipinski definition) is 6. The van der Waals surface area contributed by atoms with Gasteiger partial charge in [0.25, 0.3) is 0 Å². The first-order valence-electron chi connectivity index (χ1n) is 6.71. The molecule has 3 aromatic rings. The van der Waals surface area contributed by atoms with Gasteiger partial charge < -0.3 is 19.0 Å². The van der Waals surface area contributed by atoms with Crippen molar-refractivity contribution in [2.24, 2.45) is 0 Å². The summed E-state index contributed by atoms with van der Waals surface area (Å²) in [5, 5.41) is 10.2. The third-order valence-corrected chi connectivity index (χ3v) is 3.25. The van der Waals surface area contributed by atoms with Crippen molar-refractivity contribution in [2.75, 3.05) is 7.11 Å². The Kier molecular flexibility index (Phi) is 3.72. The number of rotatable bonds is 3. The van der Waals surface area contributed by atoms with Gasteiger partial charge in [0.15, 0.2) is 5.75 Å². The predicted molar refractivity (Wildman–Crippen MR) is 82.1 cm³/mol. The van der Waals surface area contributed by atoms with Crippen LogP contribution in [-0.4, -0.2) is 18.2 Å². The lowest BCUT2D eigenvalue weighted by Gasteiger charge is -2.09. The molecule has 6 nitrogen and oxygen atoms in total. The van der Waals surface area contributed by atoms with Gasteiger partial charge in [-0.1, -0.05) is 18.2 Å². The first kappa shape index (κ1) is 14.6. The molecule has 1 aromatic heterocycles. The Labute approximate surface area is 130 Å². The molecule has 23 heavy (non-hydrogen) atoms. The molecule has 0 unspecified atom stereocenters. The highest BCUT2D eigenvalue weighted by molar-refractivity contribution is 5.95. The van der Waals surface area contributed by atoms with E-state index >= 15 is 0 Å². The number of aromatic hydroxyl groups is 1. The van der Waals surface area contributed by atoms with E-state index in [4.69, 9.17) is 13.9 Å². The van der Waals surface area contributed by atoms with E-state index in [0.717, 1.165) is 0 Å². The molecule has 116 valence electrons. The van der Waals surface area contributed by atoms with E-state index < -0.39 is 17.3 Å². The van der Waals surface area contributed by atoms with Gasteiger partial charge in [-0.2, -0.15) is 0 Å². The van der Waals surface area contributed by atoms with Crippen molar-refractivity contribution >= 4 is 16.9 Å². The number of carbonyl (C=O) groups excluding carboxylic acids is 1. The SMILES string of the molecule is COc1ccc2c(OC(=O)c3ccccc3)c(O)c(=O)oc2c1. The number of carbonyl (C=O) groups is 1. The Morgan fingerprint density at radius 2 is 1.87 bits per heavy atom. The highest BCUT2D eigenvalue weighted by atomic mass is 16.5. The van der Waals surface area contributed by atoms with Gasteiger partial charge >= 0.3 is 11.6 Å². The van der Waals surface area contributed by atoms with E-state index in [9.17, 15) is 14.7 Å². The second-order valence-electron chi connectivity index (χ2n) is 4.68. The van der Waals surface area contributed by atoms with Gasteiger partial charge in [0.1, 0.15) is 11.3 Å². The summed E-state index contributed by atoms with van der Waals surface area (Å²) >= 11 is 0.